The first-order valence-corrected chi connectivity index (χ1v) is 35.1. The molecule has 0 bridgehead atoms. The summed E-state index contributed by atoms with van der Waals surface area (Å²) in [5, 5.41) is 8.86. The maximum Gasteiger partial charge on any atom is 0.248 e. The second kappa shape index (κ2) is 32.8. The van der Waals surface area contributed by atoms with Gasteiger partial charge in [-0.3, -0.25) is 57.5 Å². The van der Waals surface area contributed by atoms with Gasteiger partial charge in [0, 0.05) is 68.5 Å². The van der Waals surface area contributed by atoms with E-state index in [1.54, 1.807) is 32.6 Å². The molecule has 93 heavy (non-hydrogen) atoms. The van der Waals surface area contributed by atoms with E-state index in [-0.39, 0.29) is 57.0 Å². The van der Waals surface area contributed by atoms with Gasteiger partial charge in [0.2, 0.25) is 70.9 Å². The van der Waals surface area contributed by atoms with Crippen molar-refractivity contribution in [2.45, 2.75) is 262 Å². The van der Waals surface area contributed by atoms with Crippen LogP contribution in [0.3, 0.4) is 0 Å². The maximum absolute atomic E-state index is 15.3. The van der Waals surface area contributed by atoms with Gasteiger partial charge in [0.1, 0.15) is 66.1 Å². The molecule has 2 unspecified atom stereocenters. The molecular formula is C68H111FN12O12. The molecule has 7 aliphatic rings. The quantitative estimate of drug-likeness (QED) is 0.296. The van der Waals surface area contributed by atoms with Crippen molar-refractivity contribution < 1.29 is 61.9 Å². The van der Waals surface area contributed by atoms with Crippen LogP contribution in [0, 0.1) is 23.7 Å². The number of nitrogens with zero attached hydrogens (tertiary/aromatic N) is 9. The zero-order valence-corrected chi connectivity index (χ0v) is 57.9. The van der Waals surface area contributed by atoms with Gasteiger partial charge in [-0.1, -0.05) is 91.9 Å². The molecular weight excluding hydrogens is 1200 g/mol. The molecule has 25 heteroatoms. The predicted octanol–water partition coefficient (Wildman–Crippen LogP) is 4.01. The third-order valence-electron chi connectivity index (χ3n) is 22.2. The minimum absolute atomic E-state index is 0.0585. The Morgan fingerprint density at radius 3 is 1.82 bits per heavy atom. The van der Waals surface area contributed by atoms with Crippen molar-refractivity contribution in [1.82, 2.24) is 60.0 Å². The summed E-state index contributed by atoms with van der Waals surface area (Å²) in [6.07, 6.45) is 11.4. The Labute approximate surface area is 551 Å². The monoisotopic (exact) mass is 1310 g/mol. The first-order chi connectivity index (χ1) is 44.0. The van der Waals surface area contributed by atoms with Crippen LogP contribution in [0.1, 0.15) is 196 Å². The molecule has 7 rings (SSSR count). The Bertz CT molecular complexity index is 2720. The molecule has 7 fully saturated rings. The van der Waals surface area contributed by atoms with Crippen LogP contribution in [0.15, 0.2) is 0 Å². The summed E-state index contributed by atoms with van der Waals surface area (Å²) < 4.78 is 14.8. The predicted molar refractivity (Wildman–Crippen MR) is 346 cm³/mol. The van der Waals surface area contributed by atoms with Crippen LogP contribution in [0.25, 0.3) is 0 Å². The molecule has 12 amide bonds. The van der Waals surface area contributed by atoms with Gasteiger partial charge in [0.05, 0.1) is 13.0 Å². The largest absolute Gasteiger partial charge is 0.343 e. The topological polar surface area (TPSA) is 270 Å². The standard InChI is InChI=1S/C68H111FN12O12/c1-13-43(4)56-65(91)75(9)45(6)60(86)81-37-31-51(81)63(89)76(10)52(39-46-24-16-14-17-25-46)62(88)73(7)41-54(82)70-49(30-29-47-26-22-27-48(69)38-47)61(87)80-36-23-28-50(80)59(85)72-68(32-18-19-33-68)67(93)78(12)57(42(2)3)66(92)77(11)53(64(90)79-34-20-15-21-35-79)40-55(83)74(8)44(5)58(84)71-56/h42-53,56-57H,13-41H2,1-12H3,(H,70,82)(H,71,84)(H,72,85)/t43-,44-,45-,47?,48?,49-,50-,51-,52-,53-,56-,57-/m0/s1. The summed E-state index contributed by atoms with van der Waals surface area (Å²) in [7, 11) is 8.78. The number of amides is 12. The van der Waals surface area contributed by atoms with E-state index in [9.17, 15) is 47.5 Å². The van der Waals surface area contributed by atoms with E-state index in [2.05, 4.69) is 16.0 Å². The fraction of sp³-hybridized carbons (Fsp3) is 0.824. The van der Waals surface area contributed by atoms with E-state index in [0.29, 0.717) is 83.7 Å². The average molecular weight is 1310 g/mol. The third kappa shape index (κ3) is 17.4. The number of hydrogen-bond acceptors (Lipinski definition) is 12. The number of carbonyl (C=O) groups is 12. The zero-order valence-electron chi connectivity index (χ0n) is 57.9. The molecule has 3 saturated carbocycles. The molecule has 0 aromatic rings. The van der Waals surface area contributed by atoms with E-state index in [0.717, 1.165) is 44.9 Å². The lowest BCUT2D eigenvalue weighted by Crippen LogP contribution is -2.65. The highest BCUT2D eigenvalue weighted by atomic mass is 19.1. The number of likely N-dealkylation sites (tertiary alicyclic amines) is 1. The highest BCUT2D eigenvalue weighted by Crippen LogP contribution is 2.36. The van der Waals surface area contributed by atoms with Crippen molar-refractivity contribution in [2.24, 2.45) is 23.7 Å². The summed E-state index contributed by atoms with van der Waals surface area (Å²) >= 11 is 0. The molecule has 3 aliphatic carbocycles. The molecule has 0 radical (unpaired) electrons. The second-order valence-electron chi connectivity index (χ2n) is 28.9. The van der Waals surface area contributed by atoms with Crippen molar-refractivity contribution in [1.29, 1.82) is 0 Å². The van der Waals surface area contributed by atoms with Crippen molar-refractivity contribution >= 4 is 70.9 Å². The Hall–Kier alpha value is -6.43. The van der Waals surface area contributed by atoms with Gasteiger partial charge in [0.25, 0.3) is 0 Å². The number of fused-ring (bicyclic) bond motifs is 2. The van der Waals surface area contributed by atoms with E-state index in [1.807, 2.05) is 6.92 Å². The van der Waals surface area contributed by atoms with E-state index >= 15 is 14.4 Å². The summed E-state index contributed by atoms with van der Waals surface area (Å²) in [5.74, 6) is -7.85. The van der Waals surface area contributed by atoms with Crippen LogP contribution in [-0.4, -0.2) is 256 Å². The molecule has 522 valence electrons. The smallest absolute Gasteiger partial charge is 0.248 e. The van der Waals surface area contributed by atoms with Crippen LogP contribution in [0.4, 0.5) is 4.39 Å². The first-order valence-electron chi connectivity index (χ1n) is 35.1. The highest BCUT2D eigenvalue weighted by molar-refractivity contribution is 6.01. The van der Waals surface area contributed by atoms with Crippen LogP contribution in [-0.2, 0) is 57.5 Å². The van der Waals surface area contributed by atoms with E-state index in [1.165, 1.54) is 88.4 Å². The number of piperidine rings is 1. The number of nitrogens with one attached hydrogen (secondary N) is 3. The van der Waals surface area contributed by atoms with Crippen LogP contribution in [0.2, 0.25) is 0 Å². The van der Waals surface area contributed by atoms with Crippen LogP contribution in [0.5, 0.6) is 0 Å². The van der Waals surface area contributed by atoms with Crippen LogP contribution < -0.4 is 16.0 Å². The number of likely N-dealkylation sites (N-methyl/N-ethyl adjacent to an activating group) is 6. The SMILES string of the molecule is CC[C@H](C)[C@@H]1NC(=O)[C@H](C)N(C)C(=O)C[C@@H](C(=O)N2CCCCC2)N(C)C(=O)[C@H](C(C)C)N(C)C(=O)C2(CCCC2)NC(=O)[C@@H]2CCCN2C(=O)[C@H](CCC2CCCC(F)C2)NC(=O)CN(C)C(=O)[C@H](CC2CCCCC2)N(C)C(=O)[C@@H]2CCN2C(=O)[C@H](C)N(C)C1=O. The molecule has 4 saturated heterocycles. The van der Waals surface area contributed by atoms with Crippen molar-refractivity contribution in [3.8, 4) is 0 Å². The number of alkyl halides is 1. The maximum atomic E-state index is 15.3. The summed E-state index contributed by atoms with van der Waals surface area (Å²) in [6.45, 7) is 10.8. The lowest BCUT2D eigenvalue weighted by Gasteiger charge is -2.45. The van der Waals surface area contributed by atoms with E-state index < -0.39 is 162 Å². The van der Waals surface area contributed by atoms with Crippen molar-refractivity contribution in [2.75, 3.05) is 75.0 Å². The molecule has 24 nitrogen and oxygen atoms in total. The minimum Gasteiger partial charge on any atom is -0.343 e. The molecule has 0 aromatic heterocycles. The Morgan fingerprint density at radius 1 is 0.570 bits per heavy atom. The Kier molecular flexibility index (Phi) is 26.1. The average Bonchev–Trinajstić information content (AvgIpc) is 1.76. The Balaban J connectivity index is 1.24. The fourth-order valence-corrected chi connectivity index (χ4v) is 15.5. The van der Waals surface area contributed by atoms with Gasteiger partial charge >= 0.3 is 0 Å². The normalized spacial score (nSPS) is 31.4. The molecule has 4 aliphatic heterocycles. The fourth-order valence-electron chi connectivity index (χ4n) is 15.5. The minimum atomic E-state index is -1.49. The van der Waals surface area contributed by atoms with E-state index in [4.69, 9.17) is 0 Å². The lowest BCUT2D eigenvalue weighted by atomic mass is 9.84. The van der Waals surface area contributed by atoms with Gasteiger partial charge in [-0.2, -0.15) is 0 Å². The highest BCUT2D eigenvalue weighted by Gasteiger charge is 2.51. The molecule has 3 N–H and O–H groups in total. The van der Waals surface area contributed by atoms with Gasteiger partial charge < -0.3 is 60.0 Å². The second-order valence-corrected chi connectivity index (χ2v) is 28.9. The molecule has 0 aromatic carbocycles. The van der Waals surface area contributed by atoms with Crippen molar-refractivity contribution in [3.05, 3.63) is 0 Å². The Morgan fingerprint density at radius 2 is 1.20 bits per heavy atom. The number of carbonyl (C=O) groups excluding carboxylic acids is 12. The lowest BCUT2D eigenvalue weighted by molar-refractivity contribution is -0.160. The summed E-state index contributed by atoms with van der Waals surface area (Å²) in [5.41, 5.74) is -1.49. The van der Waals surface area contributed by atoms with Crippen molar-refractivity contribution in [3.63, 3.8) is 0 Å². The number of rotatable bonds is 9. The molecule has 1 spiro atoms. The van der Waals surface area contributed by atoms with Crippen LogP contribution >= 0.6 is 0 Å². The van der Waals surface area contributed by atoms with Gasteiger partial charge in [-0.05, 0) is 121 Å². The third-order valence-corrected chi connectivity index (χ3v) is 22.2. The molecule has 4 heterocycles. The summed E-state index contributed by atoms with van der Waals surface area (Å²) in [4.78, 5) is 190. The molecule has 12 atom stereocenters. The first kappa shape index (κ1) is 74.0. The zero-order chi connectivity index (χ0) is 68.3. The summed E-state index contributed by atoms with van der Waals surface area (Å²) in [6, 6.07) is -10.3. The number of hydrogen-bond donors (Lipinski definition) is 3. The van der Waals surface area contributed by atoms with Gasteiger partial charge in [-0.25, -0.2) is 4.39 Å². The van der Waals surface area contributed by atoms with Gasteiger partial charge in [-0.15, -0.1) is 0 Å². The number of halogens is 1. The van der Waals surface area contributed by atoms with Gasteiger partial charge in [0.15, 0.2) is 0 Å².